The van der Waals surface area contributed by atoms with Crippen molar-refractivity contribution in [3.63, 3.8) is 0 Å². The Hall–Kier alpha value is -1.38. The van der Waals surface area contributed by atoms with Crippen molar-refractivity contribution in [2.45, 2.75) is 27.2 Å². The Morgan fingerprint density at radius 1 is 1.36 bits per heavy atom. The van der Waals surface area contributed by atoms with Crippen molar-refractivity contribution >= 4 is 11.2 Å². The molecule has 0 amide bonds. The molecular weight excluding hydrogens is 174 g/mol. The molecule has 0 spiro atoms. The predicted octanol–water partition coefficient (Wildman–Crippen LogP) is 2.69. The van der Waals surface area contributed by atoms with Crippen LogP contribution in [0.25, 0.3) is 11.2 Å². The zero-order chi connectivity index (χ0) is 10.6. The molecule has 2 heterocycles. The number of nitrogens with zero attached hydrogens (tertiary/aromatic N) is 3. The molecule has 0 bridgehead atoms. The summed E-state index contributed by atoms with van der Waals surface area (Å²) in [4.78, 5) is 8.52. The third kappa shape index (κ3) is 2.10. The van der Waals surface area contributed by atoms with Gasteiger partial charge in [0.15, 0.2) is 5.65 Å². The van der Waals surface area contributed by atoms with Gasteiger partial charge in [0.25, 0.3) is 0 Å². The standard InChI is InChI=1S/C8H9N3.C3H8/c1-6-10-7-4-3-5-9-8(7)11(6)2;1-3-2/h3-5H,1-2H3;3H2,1-2H3. The highest BCUT2D eigenvalue weighted by Gasteiger charge is 2.01. The van der Waals surface area contributed by atoms with E-state index >= 15 is 0 Å². The van der Waals surface area contributed by atoms with Crippen molar-refractivity contribution in [2.24, 2.45) is 7.05 Å². The van der Waals surface area contributed by atoms with Gasteiger partial charge in [-0.3, -0.25) is 0 Å². The molecule has 0 aliphatic heterocycles. The van der Waals surface area contributed by atoms with Crippen molar-refractivity contribution in [3.8, 4) is 0 Å². The molecule has 76 valence electrons. The highest BCUT2D eigenvalue weighted by Crippen LogP contribution is 2.09. The molecule has 14 heavy (non-hydrogen) atoms. The maximum atomic E-state index is 4.31. The van der Waals surface area contributed by atoms with Gasteiger partial charge < -0.3 is 4.57 Å². The smallest absolute Gasteiger partial charge is 0.159 e. The Bertz CT molecular complexity index is 404. The first-order valence-corrected chi connectivity index (χ1v) is 4.94. The Kier molecular flexibility index (Phi) is 3.63. The van der Waals surface area contributed by atoms with Gasteiger partial charge in [0.2, 0.25) is 0 Å². The molecule has 0 N–H and O–H groups in total. The van der Waals surface area contributed by atoms with Crippen LogP contribution in [0.15, 0.2) is 18.3 Å². The van der Waals surface area contributed by atoms with Crippen LogP contribution in [0, 0.1) is 6.92 Å². The normalized spacial score (nSPS) is 9.71. The van der Waals surface area contributed by atoms with Crippen LogP contribution < -0.4 is 0 Å². The van der Waals surface area contributed by atoms with Crippen molar-refractivity contribution in [2.75, 3.05) is 0 Å². The molecule has 0 saturated heterocycles. The van der Waals surface area contributed by atoms with Gasteiger partial charge >= 0.3 is 0 Å². The molecule has 3 nitrogen and oxygen atoms in total. The van der Waals surface area contributed by atoms with E-state index in [9.17, 15) is 0 Å². The highest BCUT2D eigenvalue weighted by atomic mass is 15.1. The Balaban J connectivity index is 0.000000293. The summed E-state index contributed by atoms with van der Waals surface area (Å²) in [5.41, 5.74) is 1.91. The van der Waals surface area contributed by atoms with Crippen molar-refractivity contribution < 1.29 is 0 Å². The third-order valence-corrected chi connectivity index (χ3v) is 1.85. The predicted molar refractivity (Wildman–Crippen MR) is 59.2 cm³/mol. The minimum Gasteiger partial charge on any atom is -0.316 e. The van der Waals surface area contributed by atoms with Crippen LogP contribution in [-0.4, -0.2) is 14.5 Å². The first kappa shape index (κ1) is 10.7. The van der Waals surface area contributed by atoms with E-state index in [0.717, 1.165) is 17.0 Å². The monoisotopic (exact) mass is 191 g/mol. The molecule has 2 aromatic rings. The first-order chi connectivity index (χ1) is 6.70. The number of hydrogen-bond donors (Lipinski definition) is 0. The lowest BCUT2D eigenvalue weighted by atomic mass is 10.4. The van der Waals surface area contributed by atoms with Gasteiger partial charge in [-0.2, -0.15) is 0 Å². The summed E-state index contributed by atoms with van der Waals surface area (Å²) in [6, 6.07) is 3.87. The zero-order valence-corrected chi connectivity index (χ0v) is 9.28. The number of imidazole rings is 1. The summed E-state index contributed by atoms with van der Waals surface area (Å²) in [6.45, 7) is 6.22. The maximum absolute atomic E-state index is 4.31. The van der Waals surface area contributed by atoms with Gasteiger partial charge in [0.1, 0.15) is 11.3 Å². The number of fused-ring (bicyclic) bond motifs is 1. The van der Waals surface area contributed by atoms with Gasteiger partial charge in [-0.1, -0.05) is 20.3 Å². The molecule has 0 aliphatic carbocycles. The molecule has 3 heteroatoms. The third-order valence-electron chi connectivity index (χ3n) is 1.85. The lowest BCUT2D eigenvalue weighted by Crippen LogP contribution is -1.91. The summed E-state index contributed by atoms with van der Waals surface area (Å²) in [5, 5.41) is 0. The number of pyridine rings is 1. The van der Waals surface area contributed by atoms with E-state index in [1.165, 1.54) is 6.42 Å². The second kappa shape index (κ2) is 4.74. The van der Waals surface area contributed by atoms with E-state index in [4.69, 9.17) is 0 Å². The molecule has 2 rings (SSSR count). The number of rotatable bonds is 0. The Labute approximate surface area is 84.8 Å². The molecule has 0 saturated carbocycles. The topological polar surface area (TPSA) is 30.7 Å². The molecular formula is C11H17N3. The highest BCUT2D eigenvalue weighted by molar-refractivity contribution is 5.70. The van der Waals surface area contributed by atoms with E-state index in [1.807, 2.05) is 30.7 Å². The average Bonchev–Trinajstić information content (AvgIpc) is 2.45. The van der Waals surface area contributed by atoms with Crippen molar-refractivity contribution in [3.05, 3.63) is 24.2 Å². The lowest BCUT2D eigenvalue weighted by molar-refractivity contribution is 0.874. The maximum Gasteiger partial charge on any atom is 0.159 e. The van der Waals surface area contributed by atoms with Crippen LogP contribution in [-0.2, 0) is 7.05 Å². The number of hydrogen-bond acceptors (Lipinski definition) is 2. The van der Waals surface area contributed by atoms with E-state index in [1.54, 1.807) is 6.20 Å². The summed E-state index contributed by atoms with van der Waals surface area (Å²) in [7, 11) is 1.97. The zero-order valence-electron chi connectivity index (χ0n) is 9.28. The number of aromatic nitrogens is 3. The average molecular weight is 191 g/mol. The molecule has 0 radical (unpaired) electrons. The molecule has 0 atom stereocenters. The van der Waals surface area contributed by atoms with Crippen LogP contribution in [0.1, 0.15) is 26.1 Å². The minimum absolute atomic E-state index is 0.949. The van der Waals surface area contributed by atoms with E-state index < -0.39 is 0 Å². The molecule has 0 aliphatic rings. The SMILES string of the molecule is CCC.Cc1nc2cccnc2n1C. The van der Waals surface area contributed by atoms with Crippen LogP contribution in [0.3, 0.4) is 0 Å². The van der Waals surface area contributed by atoms with E-state index in [2.05, 4.69) is 23.8 Å². The molecule has 0 fully saturated rings. The Morgan fingerprint density at radius 2 is 2.00 bits per heavy atom. The molecule has 0 aromatic carbocycles. The quantitative estimate of drug-likeness (QED) is 0.641. The summed E-state index contributed by atoms with van der Waals surface area (Å²) < 4.78 is 1.98. The van der Waals surface area contributed by atoms with Gasteiger partial charge in [-0.05, 0) is 19.1 Å². The van der Waals surface area contributed by atoms with Gasteiger partial charge in [-0.15, -0.1) is 0 Å². The first-order valence-electron chi connectivity index (χ1n) is 4.94. The largest absolute Gasteiger partial charge is 0.316 e. The summed E-state index contributed by atoms with van der Waals surface area (Å²) in [6.07, 6.45) is 3.03. The fourth-order valence-electron chi connectivity index (χ4n) is 1.14. The molecule has 0 unspecified atom stereocenters. The lowest BCUT2D eigenvalue weighted by Gasteiger charge is -1.92. The van der Waals surface area contributed by atoms with Gasteiger partial charge in [-0.25, -0.2) is 9.97 Å². The van der Waals surface area contributed by atoms with Crippen LogP contribution in [0.2, 0.25) is 0 Å². The van der Waals surface area contributed by atoms with E-state index in [0.29, 0.717) is 0 Å². The number of aryl methyl sites for hydroxylation is 2. The van der Waals surface area contributed by atoms with Crippen molar-refractivity contribution in [1.29, 1.82) is 0 Å². The van der Waals surface area contributed by atoms with Crippen LogP contribution in [0.4, 0.5) is 0 Å². The summed E-state index contributed by atoms with van der Waals surface area (Å²) in [5.74, 6) is 0.999. The second-order valence-electron chi connectivity index (χ2n) is 3.27. The van der Waals surface area contributed by atoms with Crippen LogP contribution >= 0.6 is 0 Å². The fourth-order valence-corrected chi connectivity index (χ4v) is 1.14. The Morgan fingerprint density at radius 3 is 2.57 bits per heavy atom. The summed E-state index contributed by atoms with van der Waals surface area (Å²) >= 11 is 0. The van der Waals surface area contributed by atoms with Gasteiger partial charge in [0.05, 0.1) is 0 Å². The van der Waals surface area contributed by atoms with Crippen molar-refractivity contribution in [1.82, 2.24) is 14.5 Å². The van der Waals surface area contributed by atoms with Crippen LogP contribution in [0.5, 0.6) is 0 Å². The second-order valence-corrected chi connectivity index (χ2v) is 3.27. The minimum atomic E-state index is 0.949. The molecule has 2 aromatic heterocycles. The van der Waals surface area contributed by atoms with E-state index in [-0.39, 0.29) is 0 Å². The van der Waals surface area contributed by atoms with Gasteiger partial charge in [0, 0.05) is 13.2 Å². The fraction of sp³-hybridized carbons (Fsp3) is 0.455.